The van der Waals surface area contributed by atoms with Crippen LogP contribution in [0.3, 0.4) is 0 Å². The largest absolute Gasteiger partial charge is 0.497 e. The van der Waals surface area contributed by atoms with Gasteiger partial charge < -0.3 is 19.3 Å². The lowest BCUT2D eigenvalue weighted by Crippen LogP contribution is -2.11. The van der Waals surface area contributed by atoms with Crippen LogP contribution in [0.1, 0.15) is 55.9 Å². The molecule has 0 unspecified atom stereocenters. The Morgan fingerprint density at radius 2 is 1.79 bits per heavy atom. The zero-order valence-corrected chi connectivity index (χ0v) is 22.0. The molecule has 5 nitrogen and oxygen atoms in total. The first-order valence-corrected chi connectivity index (χ1v) is 12.5. The van der Waals surface area contributed by atoms with Gasteiger partial charge in [-0.1, -0.05) is 32.1 Å². The minimum Gasteiger partial charge on any atom is -0.497 e. The van der Waals surface area contributed by atoms with Crippen molar-refractivity contribution in [3.8, 4) is 22.6 Å². The van der Waals surface area contributed by atoms with Crippen LogP contribution in [-0.2, 0) is 16.1 Å². The summed E-state index contributed by atoms with van der Waals surface area (Å²) in [6.45, 7) is 4.25. The minimum absolute atomic E-state index is 0.0506. The molecule has 0 fully saturated rings. The summed E-state index contributed by atoms with van der Waals surface area (Å²) in [6.07, 6.45) is 2.63. The zero-order chi connectivity index (χ0) is 27.4. The van der Waals surface area contributed by atoms with Gasteiger partial charge in [-0.05, 0) is 83.0 Å². The molecule has 0 aromatic heterocycles. The summed E-state index contributed by atoms with van der Waals surface area (Å²) in [7, 11) is 2.75. The second kappa shape index (κ2) is 11.4. The number of hydrogen-bond donors (Lipinski definition) is 1. The maximum absolute atomic E-state index is 15.8. The lowest BCUT2D eigenvalue weighted by Gasteiger charge is -2.26. The molecule has 3 aromatic carbocycles. The van der Waals surface area contributed by atoms with Crippen LogP contribution in [0.15, 0.2) is 60.7 Å². The van der Waals surface area contributed by atoms with Crippen LogP contribution in [0.2, 0.25) is 0 Å². The highest BCUT2D eigenvalue weighted by Gasteiger charge is 2.32. The van der Waals surface area contributed by atoms with E-state index in [2.05, 4.69) is 24.7 Å². The normalized spacial score (nSPS) is 15.1. The molecule has 1 aliphatic carbocycles. The third-order valence-corrected chi connectivity index (χ3v) is 6.97. The number of rotatable bonds is 9. The second-order valence-corrected chi connectivity index (χ2v) is 10.0. The third kappa shape index (κ3) is 5.89. The molecule has 1 aliphatic rings. The number of esters is 1. The number of benzene rings is 3. The molecule has 0 amide bonds. The Labute approximate surface area is 221 Å². The van der Waals surface area contributed by atoms with E-state index in [9.17, 15) is 14.3 Å². The topological polar surface area (TPSA) is 65.0 Å². The Bertz CT molecular complexity index is 1360. The summed E-state index contributed by atoms with van der Waals surface area (Å²) in [4.78, 5) is 11.5. The van der Waals surface area contributed by atoms with Gasteiger partial charge in [-0.3, -0.25) is 4.79 Å². The molecule has 0 spiro atoms. The summed E-state index contributed by atoms with van der Waals surface area (Å²) >= 11 is 0. The summed E-state index contributed by atoms with van der Waals surface area (Å²) in [5.41, 5.74) is 2.79. The summed E-state index contributed by atoms with van der Waals surface area (Å²) in [5.74, 6) is -0.721. The van der Waals surface area contributed by atoms with Gasteiger partial charge in [0.15, 0.2) is 0 Å². The predicted octanol–water partition coefficient (Wildman–Crippen LogP) is 7.02. The van der Waals surface area contributed by atoms with Gasteiger partial charge in [-0.15, -0.1) is 0 Å². The predicted molar refractivity (Wildman–Crippen MR) is 142 cm³/mol. The number of allylic oxidation sites excluding steroid dienone is 2. The van der Waals surface area contributed by atoms with Gasteiger partial charge in [0.05, 0.1) is 26.7 Å². The molecular weight excluding hydrogens is 490 g/mol. The van der Waals surface area contributed by atoms with Gasteiger partial charge in [-0.2, -0.15) is 0 Å². The second-order valence-electron chi connectivity index (χ2n) is 10.0. The number of carbonyl (C=O) groups is 1. The van der Waals surface area contributed by atoms with Crippen molar-refractivity contribution in [2.24, 2.45) is 5.41 Å². The highest BCUT2D eigenvalue weighted by Crippen LogP contribution is 2.48. The number of carbonyl (C=O) groups excluding carboxylic acids is 1. The van der Waals surface area contributed by atoms with Gasteiger partial charge in [-0.25, -0.2) is 8.78 Å². The number of aliphatic hydroxyl groups excluding tert-OH is 1. The van der Waals surface area contributed by atoms with Crippen LogP contribution in [0, 0.1) is 17.0 Å². The lowest BCUT2D eigenvalue weighted by molar-refractivity contribution is -0.142. The molecule has 0 aliphatic heterocycles. The van der Waals surface area contributed by atoms with E-state index < -0.39 is 23.7 Å². The average Bonchev–Trinajstić information content (AvgIpc) is 3.26. The maximum atomic E-state index is 15.8. The van der Waals surface area contributed by atoms with Crippen molar-refractivity contribution in [3.63, 3.8) is 0 Å². The van der Waals surface area contributed by atoms with Crippen molar-refractivity contribution in [1.82, 2.24) is 0 Å². The Hall–Kier alpha value is -3.71. The zero-order valence-electron chi connectivity index (χ0n) is 22.0. The maximum Gasteiger partial charge on any atom is 0.308 e. The van der Waals surface area contributed by atoms with Crippen molar-refractivity contribution in [3.05, 3.63) is 89.0 Å². The number of halogens is 2. The first kappa shape index (κ1) is 27.3. The van der Waals surface area contributed by atoms with Crippen LogP contribution in [0.4, 0.5) is 8.78 Å². The molecule has 0 heterocycles. The van der Waals surface area contributed by atoms with E-state index in [4.69, 9.17) is 9.47 Å². The summed E-state index contributed by atoms with van der Waals surface area (Å²) in [5, 5.41) is 10.3. The number of ether oxygens (including phenoxy) is 3. The molecule has 1 atom stereocenters. The quantitative estimate of drug-likeness (QED) is 0.306. The fraction of sp³-hybridized carbons (Fsp3) is 0.323. The van der Waals surface area contributed by atoms with Crippen molar-refractivity contribution < 1.29 is 32.9 Å². The third-order valence-electron chi connectivity index (χ3n) is 6.97. The van der Waals surface area contributed by atoms with E-state index in [1.165, 1.54) is 38.5 Å². The van der Waals surface area contributed by atoms with Crippen molar-refractivity contribution in [2.75, 3.05) is 14.2 Å². The Kier molecular flexibility index (Phi) is 8.17. The first-order chi connectivity index (χ1) is 18.1. The smallest absolute Gasteiger partial charge is 0.308 e. The number of hydrogen-bond acceptors (Lipinski definition) is 5. The van der Waals surface area contributed by atoms with Crippen LogP contribution >= 0.6 is 0 Å². The Morgan fingerprint density at radius 1 is 1.00 bits per heavy atom. The summed E-state index contributed by atoms with van der Waals surface area (Å²) < 4.78 is 46.6. The van der Waals surface area contributed by atoms with Crippen molar-refractivity contribution in [1.29, 1.82) is 0 Å². The molecule has 0 radical (unpaired) electrons. The van der Waals surface area contributed by atoms with E-state index in [-0.39, 0.29) is 29.6 Å². The highest BCUT2D eigenvalue weighted by molar-refractivity contribution is 5.85. The fourth-order valence-electron chi connectivity index (χ4n) is 4.86. The molecule has 0 saturated carbocycles. The monoisotopic (exact) mass is 522 g/mol. The minimum atomic E-state index is -1.04. The van der Waals surface area contributed by atoms with Crippen LogP contribution in [0.25, 0.3) is 16.7 Å². The lowest BCUT2D eigenvalue weighted by atomic mass is 9.79. The molecule has 4 rings (SSSR count). The molecule has 0 saturated heterocycles. The van der Waals surface area contributed by atoms with Gasteiger partial charge in [0.1, 0.15) is 29.7 Å². The van der Waals surface area contributed by atoms with Gasteiger partial charge in [0.2, 0.25) is 0 Å². The van der Waals surface area contributed by atoms with Crippen LogP contribution < -0.4 is 9.47 Å². The van der Waals surface area contributed by atoms with E-state index in [0.717, 1.165) is 18.4 Å². The standard InChI is InChI=1S/C31H32F2O5/c1-31(2)12-6-9-25(31)23-13-19(14-27(33)30(23)24-16-21(36-3)10-11-26(24)32)18-38-22-8-5-7-20(15-22)28(34)17-29(35)37-4/h5,7-11,13-16,28,34H,6,12,17-18H2,1-4H3/t28-/m1/s1. The van der Waals surface area contributed by atoms with Crippen LogP contribution in [-0.4, -0.2) is 25.3 Å². The van der Waals surface area contributed by atoms with Gasteiger partial charge >= 0.3 is 5.97 Å². The van der Waals surface area contributed by atoms with E-state index in [1.54, 1.807) is 24.3 Å². The first-order valence-electron chi connectivity index (χ1n) is 12.5. The van der Waals surface area contributed by atoms with Gasteiger partial charge in [0.25, 0.3) is 0 Å². The molecule has 1 N–H and O–H groups in total. The van der Waals surface area contributed by atoms with Gasteiger partial charge in [0, 0.05) is 11.1 Å². The molecular formula is C31H32F2O5. The summed E-state index contributed by atoms with van der Waals surface area (Å²) in [6, 6.07) is 14.3. The van der Waals surface area contributed by atoms with E-state index in [1.807, 2.05) is 6.07 Å². The van der Waals surface area contributed by atoms with Crippen molar-refractivity contribution in [2.45, 2.75) is 45.8 Å². The van der Waals surface area contributed by atoms with E-state index >= 15 is 4.39 Å². The molecule has 200 valence electrons. The molecule has 0 bridgehead atoms. The fourth-order valence-corrected chi connectivity index (χ4v) is 4.86. The molecule has 3 aromatic rings. The average molecular weight is 523 g/mol. The van der Waals surface area contributed by atoms with Crippen molar-refractivity contribution >= 4 is 11.5 Å². The number of aliphatic hydroxyl groups is 1. The SMILES string of the molecule is COC(=O)C[C@@H](O)c1cccc(OCc2cc(F)c(-c3cc(OC)ccc3F)c(C3=CCCC3(C)C)c2)c1. The van der Waals surface area contributed by atoms with Crippen LogP contribution in [0.5, 0.6) is 11.5 Å². The Balaban J connectivity index is 1.69. The van der Waals surface area contributed by atoms with E-state index in [0.29, 0.717) is 28.2 Å². The molecule has 7 heteroatoms. The molecule has 38 heavy (non-hydrogen) atoms. The highest BCUT2D eigenvalue weighted by atomic mass is 19.1. The number of methoxy groups -OCH3 is 2. The Morgan fingerprint density at radius 3 is 2.47 bits per heavy atom.